The van der Waals surface area contributed by atoms with Gasteiger partial charge in [-0.2, -0.15) is 0 Å². The highest BCUT2D eigenvalue weighted by molar-refractivity contribution is 5.94. The van der Waals surface area contributed by atoms with Gasteiger partial charge >= 0.3 is 5.95 Å². The molecule has 1 fully saturated rings. The van der Waals surface area contributed by atoms with Gasteiger partial charge in [0, 0.05) is 56.2 Å². The number of H-pyrrole nitrogens is 2. The lowest BCUT2D eigenvalue weighted by atomic mass is 10.2. The molecule has 0 bridgehead atoms. The van der Waals surface area contributed by atoms with Gasteiger partial charge in [-0.25, -0.2) is 4.98 Å². The van der Waals surface area contributed by atoms with Crippen LogP contribution in [-0.4, -0.2) is 52.9 Å². The minimum atomic E-state index is -0.485. The SMILES string of the molecule is CC(=O)N1CCN(c2ccc(Nc3nc(Nc4cccc(C(N)=O)c4)c4cc[nH]c4[nH+]3)cc2)CC1. The molecule has 3 heterocycles. The van der Waals surface area contributed by atoms with Gasteiger partial charge in [0.1, 0.15) is 0 Å². The minimum absolute atomic E-state index is 0.126. The van der Waals surface area contributed by atoms with Crippen molar-refractivity contribution >= 4 is 51.7 Å². The number of nitrogens with one attached hydrogen (secondary N) is 4. The molecule has 0 unspecified atom stereocenters. The standard InChI is InChI=1S/C25H26N8O2/c1-16(34)32-11-13-33(14-12-32)20-7-5-18(6-8-20)29-25-30-23-21(9-10-27-23)24(31-25)28-19-4-2-3-17(15-19)22(26)35/h2-10,15H,11-14H2,1H3,(H2,26,35)(H3,27,28,29,30,31)/p+1. The smallest absolute Gasteiger partial charge is 0.351 e. The number of hydrogen-bond donors (Lipinski definition) is 4. The van der Waals surface area contributed by atoms with E-state index in [0.29, 0.717) is 23.0 Å². The Morgan fingerprint density at radius 3 is 2.49 bits per heavy atom. The first-order chi connectivity index (χ1) is 17.0. The predicted molar refractivity (Wildman–Crippen MR) is 135 cm³/mol. The van der Waals surface area contributed by atoms with Crippen LogP contribution < -0.4 is 26.3 Å². The summed E-state index contributed by atoms with van der Waals surface area (Å²) in [6, 6.07) is 17.0. The summed E-state index contributed by atoms with van der Waals surface area (Å²) < 4.78 is 0. The first kappa shape index (κ1) is 22.2. The molecular formula is C25H27N8O2+. The molecule has 0 atom stereocenters. The third-order valence-corrected chi connectivity index (χ3v) is 6.10. The maximum Gasteiger partial charge on any atom is 0.351 e. The van der Waals surface area contributed by atoms with Gasteiger partial charge in [-0.05, 0) is 48.5 Å². The first-order valence-corrected chi connectivity index (χ1v) is 11.4. The van der Waals surface area contributed by atoms with E-state index in [2.05, 4.69) is 37.6 Å². The number of carbonyl (C=O) groups is 2. The molecule has 1 aliphatic rings. The number of nitrogens with two attached hydrogens (primary N) is 1. The molecule has 0 saturated carbocycles. The number of aromatic amines is 2. The molecule has 178 valence electrons. The molecule has 2 amide bonds. The molecule has 5 rings (SSSR count). The van der Waals surface area contributed by atoms with Crippen molar-refractivity contribution in [3.05, 3.63) is 66.4 Å². The second-order valence-electron chi connectivity index (χ2n) is 8.44. The highest BCUT2D eigenvalue weighted by atomic mass is 16.2. The Morgan fingerprint density at radius 2 is 1.77 bits per heavy atom. The van der Waals surface area contributed by atoms with E-state index >= 15 is 0 Å². The zero-order valence-electron chi connectivity index (χ0n) is 19.3. The van der Waals surface area contributed by atoms with Crippen molar-refractivity contribution in [2.24, 2.45) is 5.73 Å². The van der Waals surface area contributed by atoms with Crippen LogP contribution in [0.25, 0.3) is 11.0 Å². The molecule has 1 saturated heterocycles. The Labute approximate surface area is 202 Å². The van der Waals surface area contributed by atoms with E-state index in [1.54, 1.807) is 25.1 Å². The maximum absolute atomic E-state index is 11.6. The quantitative estimate of drug-likeness (QED) is 0.342. The normalized spacial score (nSPS) is 13.6. The van der Waals surface area contributed by atoms with Crippen LogP contribution in [0.5, 0.6) is 0 Å². The molecule has 35 heavy (non-hydrogen) atoms. The van der Waals surface area contributed by atoms with Crippen molar-refractivity contribution in [3.63, 3.8) is 0 Å². The summed E-state index contributed by atoms with van der Waals surface area (Å²) in [5.41, 5.74) is 9.35. The third-order valence-electron chi connectivity index (χ3n) is 6.10. The molecular weight excluding hydrogens is 444 g/mol. The maximum atomic E-state index is 11.6. The van der Waals surface area contributed by atoms with Gasteiger partial charge in [-0.1, -0.05) is 11.1 Å². The number of rotatable bonds is 6. The van der Waals surface area contributed by atoms with Crippen molar-refractivity contribution in [2.75, 3.05) is 41.7 Å². The van der Waals surface area contributed by atoms with Crippen molar-refractivity contribution in [1.82, 2.24) is 14.9 Å². The fraction of sp³-hybridized carbons (Fsp3) is 0.200. The summed E-state index contributed by atoms with van der Waals surface area (Å²) in [5.74, 6) is 0.822. The summed E-state index contributed by atoms with van der Waals surface area (Å²) >= 11 is 0. The second-order valence-corrected chi connectivity index (χ2v) is 8.44. The van der Waals surface area contributed by atoms with Crippen LogP contribution in [0, 0.1) is 0 Å². The second kappa shape index (κ2) is 9.34. The summed E-state index contributed by atoms with van der Waals surface area (Å²) in [4.78, 5) is 38.4. The van der Waals surface area contributed by atoms with Crippen LogP contribution in [0.1, 0.15) is 17.3 Å². The first-order valence-electron chi connectivity index (χ1n) is 11.4. The highest BCUT2D eigenvalue weighted by Gasteiger charge is 2.19. The molecule has 2 aromatic carbocycles. The molecule has 0 aliphatic carbocycles. The van der Waals surface area contributed by atoms with E-state index in [-0.39, 0.29) is 5.91 Å². The van der Waals surface area contributed by atoms with E-state index in [0.717, 1.165) is 48.6 Å². The molecule has 6 N–H and O–H groups in total. The average molecular weight is 472 g/mol. The van der Waals surface area contributed by atoms with Gasteiger partial charge in [0.05, 0.1) is 11.1 Å². The highest BCUT2D eigenvalue weighted by Crippen LogP contribution is 2.25. The van der Waals surface area contributed by atoms with Crippen LogP contribution in [-0.2, 0) is 4.79 Å². The van der Waals surface area contributed by atoms with Crippen molar-refractivity contribution in [3.8, 4) is 0 Å². The summed E-state index contributed by atoms with van der Waals surface area (Å²) in [6.07, 6.45) is 1.83. The number of benzene rings is 2. The molecule has 2 aromatic heterocycles. The molecule has 0 spiro atoms. The van der Waals surface area contributed by atoms with E-state index in [1.165, 1.54) is 0 Å². The molecule has 0 radical (unpaired) electrons. The van der Waals surface area contributed by atoms with Crippen LogP contribution >= 0.6 is 0 Å². The van der Waals surface area contributed by atoms with Gasteiger partial charge < -0.3 is 20.9 Å². The Morgan fingerprint density at radius 1 is 1.00 bits per heavy atom. The lowest BCUT2D eigenvalue weighted by Gasteiger charge is -2.35. The van der Waals surface area contributed by atoms with E-state index < -0.39 is 5.91 Å². The Hall–Kier alpha value is -4.60. The van der Waals surface area contributed by atoms with E-state index in [9.17, 15) is 9.59 Å². The van der Waals surface area contributed by atoms with Gasteiger partial charge in [-0.3, -0.25) is 19.9 Å². The van der Waals surface area contributed by atoms with Crippen molar-refractivity contribution in [1.29, 1.82) is 0 Å². The third kappa shape index (κ3) is 4.86. The van der Waals surface area contributed by atoms with Gasteiger partial charge in [0.2, 0.25) is 23.3 Å². The Kier molecular flexibility index (Phi) is 5.92. The van der Waals surface area contributed by atoms with E-state index in [4.69, 9.17) is 10.7 Å². The number of piperazine rings is 1. The topological polar surface area (TPSA) is 134 Å². The summed E-state index contributed by atoms with van der Waals surface area (Å²) in [7, 11) is 0. The van der Waals surface area contributed by atoms with Crippen LogP contribution in [0.3, 0.4) is 0 Å². The van der Waals surface area contributed by atoms with Gasteiger partial charge in [0.25, 0.3) is 0 Å². The number of amides is 2. The zero-order valence-corrected chi connectivity index (χ0v) is 19.3. The number of nitrogens with zero attached hydrogens (tertiary/aromatic N) is 3. The monoisotopic (exact) mass is 471 g/mol. The summed E-state index contributed by atoms with van der Waals surface area (Å²) in [6.45, 7) is 4.73. The Bertz CT molecular complexity index is 1370. The van der Waals surface area contributed by atoms with Crippen molar-refractivity contribution in [2.45, 2.75) is 6.92 Å². The van der Waals surface area contributed by atoms with Crippen LogP contribution in [0.2, 0.25) is 0 Å². The number of fused-ring (bicyclic) bond motifs is 1. The van der Waals surface area contributed by atoms with E-state index in [1.807, 2.05) is 35.4 Å². The van der Waals surface area contributed by atoms with Crippen LogP contribution in [0.4, 0.5) is 28.8 Å². The molecule has 1 aliphatic heterocycles. The van der Waals surface area contributed by atoms with Crippen molar-refractivity contribution < 1.29 is 14.6 Å². The summed E-state index contributed by atoms with van der Waals surface area (Å²) in [5, 5.41) is 7.48. The lowest BCUT2D eigenvalue weighted by Crippen LogP contribution is -2.48. The molecule has 10 heteroatoms. The molecule has 10 nitrogen and oxygen atoms in total. The number of primary amides is 1. The average Bonchev–Trinajstić information content (AvgIpc) is 3.34. The molecule has 4 aromatic rings. The minimum Gasteiger partial charge on any atom is -0.368 e. The Balaban J connectivity index is 1.33. The lowest BCUT2D eigenvalue weighted by molar-refractivity contribution is -0.333. The number of hydrogen-bond acceptors (Lipinski definition) is 6. The number of anilines is 5. The van der Waals surface area contributed by atoms with Gasteiger partial charge in [-0.15, -0.1) is 0 Å². The predicted octanol–water partition coefficient (Wildman–Crippen LogP) is 2.63. The fourth-order valence-corrected chi connectivity index (χ4v) is 4.20. The zero-order chi connectivity index (χ0) is 24.4. The van der Waals surface area contributed by atoms with Crippen LogP contribution in [0.15, 0.2) is 60.8 Å². The fourth-order valence-electron chi connectivity index (χ4n) is 4.20. The largest absolute Gasteiger partial charge is 0.368 e. The van der Waals surface area contributed by atoms with Gasteiger partial charge in [0.15, 0.2) is 0 Å². The number of carbonyl (C=O) groups excluding carboxylic acids is 2. The number of aromatic nitrogens is 3.